The van der Waals surface area contributed by atoms with Gasteiger partial charge in [0.15, 0.2) is 0 Å². The van der Waals surface area contributed by atoms with E-state index in [0.29, 0.717) is 12.5 Å². The molecule has 1 aromatic carbocycles. The van der Waals surface area contributed by atoms with Crippen molar-refractivity contribution in [2.75, 3.05) is 31.1 Å². The van der Waals surface area contributed by atoms with Crippen LogP contribution >= 0.6 is 40.7 Å². The number of nitrogens with two attached hydrogens (primary N) is 1. The molecule has 2 rings (SSSR count). The number of nitrogens with one attached hydrogen (secondary N) is 1. The van der Waals surface area contributed by atoms with Crippen molar-refractivity contribution in [2.45, 2.75) is 33.1 Å². The van der Waals surface area contributed by atoms with Gasteiger partial charge in [-0.15, -0.1) is 24.8 Å². The van der Waals surface area contributed by atoms with E-state index in [4.69, 9.17) is 5.73 Å². The quantitative estimate of drug-likeness (QED) is 0.654. The minimum absolute atomic E-state index is 0. The van der Waals surface area contributed by atoms with E-state index in [9.17, 15) is 4.79 Å². The van der Waals surface area contributed by atoms with Crippen molar-refractivity contribution in [3.8, 4) is 0 Å². The van der Waals surface area contributed by atoms with Gasteiger partial charge in [-0.1, -0.05) is 35.8 Å². The van der Waals surface area contributed by atoms with E-state index in [1.165, 1.54) is 5.69 Å². The van der Waals surface area contributed by atoms with Crippen molar-refractivity contribution in [3.05, 3.63) is 28.7 Å². The van der Waals surface area contributed by atoms with Crippen LogP contribution in [0, 0.1) is 11.3 Å². The first-order valence-corrected chi connectivity index (χ1v) is 9.32. The van der Waals surface area contributed by atoms with Crippen LogP contribution in [0.15, 0.2) is 28.7 Å². The Hall–Kier alpha value is -0.490. The summed E-state index contributed by atoms with van der Waals surface area (Å²) in [6, 6.07) is 8.39. The Morgan fingerprint density at radius 1 is 1.36 bits per heavy atom. The fraction of sp³-hybridized carbons (Fsp3) is 0.611. The van der Waals surface area contributed by atoms with Gasteiger partial charge in [-0.05, 0) is 43.4 Å². The van der Waals surface area contributed by atoms with Crippen molar-refractivity contribution in [2.24, 2.45) is 17.1 Å². The molecule has 4 nitrogen and oxygen atoms in total. The number of hydrogen-bond acceptors (Lipinski definition) is 3. The van der Waals surface area contributed by atoms with Gasteiger partial charge in [0.25, 0.3) is 0 Å². The second kappa shape index (κ2) is 11.3. The molecule has 0 radical (unpaired) electrons. The summed E-state index contributed by atoms with van der Waals surface area (Å²) in [7, 11) is 0. The zero-order chi connectivity index (χ0) is 16.9. The van der Waals surface area contributed by atoms with Crippen LogP contribution in [-0.4, -0.2) is 32.1 Å². The van der Waals surface area contributed by atoms with Gasteiger partial charge in [0.2, 0.25) is 5.91 Å². The van der Waals surface area contributed by atoms with E-state index in [1.807, 2.05) is 19.9 Å². The number of amides is 1. The zero-order valence-corrected chi connectivity index (χ0v) is 18.2. The second-order valence-electron chi connectivity index (χ2n) is 6.48. The molecule has 1 heterocycles. The average molecular weight is 455 g/mol. The van der Waals surface area contributed by atoms with Gasteiger partial charge in [-0.2, -0.15) is 0 Å². The molecule has 7 heteroatoms. The number of hydrogen-bond donors (Lipinski definition) is 2. The maximum Gasteiger partial charge on any atom is 0.227 e. The number of benzene rings is 1. The number of rotatable bonds is 7. The van der Waals surface area contributed by atoms with E-state index in [2.05, 4.69) is 44.3 Å². The van der Waals surface area contributed by atoms with Crippen LogP contribution in [-0.2, 0) is 4.79 Å². The van der Waals surface area contributed by atoms with Crippen molar-refractivity contribution in [1.29, 1.82) is 0 Å². The Bertz CT molecular complexity index is 533. The molecule has 1 atom stereocenters. The molecule has 0 aliphatic carbocycles. The van der Waals surface area contributed by atoms with Crippen LogP contribution in [0.5, 0.6) is 0 Å². The number of halogens is 3. The van der Waals surface area contributed by atoms with Crippen molar-refractivity contribution in [3.63, 3.8) is 0 Å². The Kier molecular flexibility index (Phi) is 11.1. The second-order valence-corrected chi connectivity index (χ2v) is 7.40. The van der Waals surface area contributed by atoms with Gasteiger partial charge in [0.05, 0.1) is 5.41 Å². The smallest absolute Gasteiger partial charge is 0.227 e. The standard InChI is InChI=1S/C18H28BrN3O.2ClH/c1-3-18(4-2,13-20)17(23)21-11-14-8-9-22(12-14)16-7-5-6-15(19)10-16;;/h5-7,10,14H,3-4,8-9,11-13,20H2,1-2H3,(H,21,23);2*1H. The molecule has 144 valence electrons. The average Bonchev–Trinajstić information content (AvgIpc) is 3.04. The summed E-state index contributed by atoms with van der Waals surface area (Å²) in [5.41, 5.74) is 6.69. The molecule has 1 aromatic rings. The highest BCUT2D eigenvalue weighted by Gasteiger charge is 2.34. The normalized spacial score (nSPS) is 16.8. The molecule has 1 saturated heterocycles. The Morgan fingerprint density at radius 3 is 2.60 bits per heavy atom. The zero-order valence-electron chi connectivity index (χ0n) is 15.0. The number of anilines is 1. The van der Waals surface area contributed by atoms with Crippen LogP contribution < -0.4 is 16.0 Å². The molecule has 0 bridgehead atoms. The predicted octanol–water partition coefficient (Wildman–Crippen LogP) is 4.00. The number of nitrogens with zero attached hydrogens (tertiary/aromatic N) is 1. The van der Waals surface area contributed by atoms with Crippen molar-refractivity contribution >= 4 is 52.3 Å². The lowest BCUT2D eigenvalue weighted by Crippen LogP contribution is -2.46. The van der Waals surface area contributed by atoms with Gasteiger partial charge in [0.1, 0.15) is 0 Å². The molecule has 0 saturated carbocycles. The molecule has 1 aliphatic heterocycles. The van der Waals surface area contributed by atoms with Crippen molar-refractivity contribution < 1.29 is 4.79 Å². The summed E-state index contributed by atoms with van der Waals surface area (Å²) in [6.07, 6.45) is 2.70. The van der Waals surface area contributed by atoms with Crippen molar-refractivity contribution in [1.82, 2.24) is 5.32 Å². The first-order chi connectivity index (χ1) is 11.0. The third-order valence-corrected chi connectivity index (χ3v) is 5.73. The summed E-state index contributed by atoms with van der Waals surface area (Å²) in [6.45, 7) is 7.28. The largest absolute Gasteiger partial charge is 0.371 e. The highest BCUT2D eigenvalue weighted by atomic mass is 79.9. The third kappa shape index (κ3) is 6.02. The van der Waals surface area contributed by atoms with Gasteiger partial charge < -0.3 is 16.0 Å². The molecule has 25 heavy (non-hydrogen) atoms. The lowest BCUT2D eigenvalue weighted by Gasteiger charge is -2.29. The summed E-state index contributed by atoms with van der Waals surface area (Å²) in [5.74, 6) is 0.619. The molecular weight excluding hydrogens is 425 g/mol. The third-order valence-electron chi connectivity index (χ3n) is 5.24. The van der Waals surface area contributed by atoms with E-state index in [1.54, 1.807) is 0 Å². The molecule has 0 spiro atoms. The highest BCUT2D eigenvalue weighted by Crippen LogP contribution is 2.27. The predicted molar refractivity (Wildman–Crippen MR) is 114 cm³/mol. The first kappa shape index (κ1) is 24.5. The van der Waals surface area contributed by atoms with Gasteiger partial charge >= 0.3 is 0 Å². The van der Waals surface area contributed by atoms with Gasteiger partial charge in [-0.3, -0.25) is 4.79 Å². The van der Waals surface area contributed by atoms with Crippen LogP contribution in [0.1, 0.15) is 33.1 Å². The molecule has 3 N–H and O–H groups in total. The first-order valence-electron chi connectivity index (χ1n) is 8.53. The highest BCUT2D eigenvalue weighted by molar-refractivity contribution is 9.10. The summed E-state index contributed by atoms with van der Waals surface area (Å²) < 4.78 is 1.10. The van der Waals surface area contributed by atoms with Crippen LogP contribution in [0.2, 0.25) is 0 Å². The Balaban J connectivity index is 0.00000288. The molecule has 1 fully saturated rings. The van der Waals surface area contributed by atoms with E-state index < -0.39 is 5.41 Å². The molecule has 0 aromatic heterocycles. The minimum atomic E-state index is -0.400. The lowest BCUT2D eigenvalue weighted by atomic mass is 9.81. The monoisotopic (exact) mass is 453 g/mol. The lowest BCUT2D eigenvalue weighted by molar-refractivity contribution is -0.131. The van der Waals surface area contributed by atoms with Gasteiger partial charge in [0, 0.05) is 36.3 Å². The van der Waals surface area contributed by atoms with Crippen LogP contribution in [0.3, 0.4) is 0 Å². The topological polar surface area (TPSA) is 58.4 Å². The van der Waals surface area contributed by atoms with E-state index in [-0.39, 0.29) is 30.7 Å². The molecule has 1 aliphatic rings. The minimum Gasteiger partial charge on any atom is -0.371 e. The number of carbonyl (C=O) groups excluding carboxylic acids is 1. The molecular formula is C18H30BrCl2N3O. The summed E-state index contributed by atoms with van der Waals surface area (Å²) in [4.78, 5) is 14.9. The Labute approximate surface area is 172 Å². The maximum atomic E-state index is 12.5. The maximum absolute atomic E-state index is 12.5. The SMILES string of the molecule is CCC(CC)(CN)C(=O)NCC1CCN(c2cccc(Br)c2)C1.Cl.Cl. The van der Waals surface area contributed by atoms with Crippen LogP contribution in [0.4, 0.5) is 5.69 Å². The summed E-state index contributed by atoms with van der Waals surface area (Å²) >= 11 is 3.52. The van der Waals surface area contributed by atoms with Crippen LogP contribution in [0.25, 0.3) is 0 Å². The van der Waals surface area contributed by atoms with Gasteiger partial charge in [-0.25, -0.2) is 0 Å². The van der Waals surface area contributed by atoms with E-state index >= 15 is 0 Å². The van der Waals surface area contributed by atoms with E-state index in [0.717, 1.165) is 43.4 Å². The Morgan fingerprint density at radius 2 is 2.04 bits per heavy atom. The molecule has 1 unspecified atom stereocenters. The number of carbonyl (C=O) groups is 1. The fourth-order valence-corrected chi connectivity index (χ4v) is 3.67. The fourth-order valence-electron chi connectivity index (χ4n) is 3.28. The molecule has 1 amide bonds. The summed E-state index contributed by atoms with van der Waals surface area (Å²) in [5, 5.41) is 3.15.